The maximum absolute atomic E-state index is 5.74. The minimum atomic E-state index is 0. The molecule has 0 radical (unpaired) electrons. The summed E-state index contributed by atoms with van der Waals surface area (Å²) in [6.45, 7) is 8.86. The molecule has 154 valence electrons. The molecule has 0 aliphatic heterocycles. The molecule has 28 heavy (non-hydrogen) atoms. The van der Waals surface area contributed by atoms with Gasteiger partial charge in [0.25, 0.3) is 0 Å². The second-order valence-corrected chi connectivity index (χ2v) is 7.18. The number of hydrogen-bond acceptors (Lipinski definition) is 5. The normalized spacial score (nSPS) is 13.9. The van der Waals surface area contributed by atoms with Crippen LogP contribution in [0.5, 0.6) is 5.88 Å². The first-order valence-corrected chi connectivity index (χ1v) is 9.69. The summed E-state index contributed by atoms with van der Waals surface area (Å²) in [7, 11) is 0. The highest BCUT2D eigenvalue weighted by molar-refractivity contribution is 14.0. The van der Waals surface area contributed by atoms with Gasteiger partial charge in [-0.2, -0.15) is 0 Å². The van der Waals surface area contributed by atoms with E-state index >= 15 is 0 Å². The van der Waals surface area contributed by atoms with Crippen LogP contribution >= 0.6 is 24.0 Å². The largest absolute Gasteiger partial charge is 0.477 e. The highest BCUT2D eigenvalue weighted by atomic mass is 127. The third-order valence-corrected chi connectivity index (χ3v) is 4.33. The highest BCUT2D eigenvalue weighted by Gasteiger charge is 2.22. The standard InChI is InChI=1S/C20H29N5O2.HI/c1-4-21-20(24-12-17-10-18(14(2)3)25-27-17)23-11-16-7-8-22-19(9-16)26-13-15-5-6-15;/h7-10,14-15H,4-6,11-13H2,1-3H3,(H2,21,23,24);1H. The van der Waals surface area contributed by atoms with Crippen LogP contribution in [0.25, 0.3) is 0 Å². The summed E-state index contributed by atoms with van der Waals surface area (Å²) in [5, 5.41) is 10.6. The van der Waals surface area contributed by atoms with Gasteiger partial charge in [-0.05, 0) is 43.2 Å². The maximum Gasteiger partial charge on any atom is 0.213 e. The van der Waals surface area contributed by atoms with Crippen molar-refractivity contribution in [2.24, 2.45) is 10.9 Å². The van der Waals surface area contributed by atoms with Gasteiger partial charge in [0.2, 0.25) is 5.88 Å². The van der Waals surface area contributed by atoms with Crippen molar-refractivity contribution in [2.75, 3.05) is 13.2 Å². The number of guanidine groups is 1. The molecule has 0 unspecified atom stereocenters. The molecule has 0 saturated heterocycles. The molecule has 0 aromatic carbocycles. The van der Waals surface area contributed by atoms with Gasteiger partial charge in [0, 0.05) is 24.9 Å². The van der Waals surface area contributed by atoms with Crippen LogP contribution in [-0.2, 0) is 13.1 Å². The Balaban J connectivity index is 0.00000280. The van der Waals surface area contributed by atoms with Gasteiger partial charge in [0.15, 0.2) is 11.7 Å². The molecule has 7 nitrogen and oxygen atoms in total. The number of nitrogens with zero attached hydrogens (tertiary/aromatic N) is 3. The molecule has 1 aliphatic rings. The Bertz CT molecular complexity index is 759. The molecule has 1 saturated carbocycles. The lowest BCUT2D eigenvalue weighted by Crippen LogP contribution is -2.36. The lowest BCUT2D eigenvalue weighted by molar-refractivity contribution is 0.288. The summed E-state index contributed by atoms with van der Waals surface area (Å²) in [6, 6.07) is 5.90. The third kappa shape index (κ3) is 7.29. The second-order valence-electron chi connectivity index (χ2n) is 7.18. The number of halogens is 1. The summed E-state index contributed by atoms with van der Waals surface area (Å²) in [5.41, 5.74) is 2.03. The molecule has 2 heterocycles. The molecule has 2 aromatic rings. The molecule has 0 atom stereocenters. The first kappa shape index (κ1) is 22.4. The minimum Gasteiger partial charge on any atom is -0.477 e. The van der Waals surface area contributed by atoms with Crippen LogP contribution in [0.3, 0.4) is 0 Å². The van der Waals surface area contributed by atoms with Crippen molar-refractivity contribution in [1.82, 2.24) is 20.8 Å². The van der Waals surface area contributed by atoms with E-state index in [9.17, 15) is 0 Å². The van der Waals surface area contributed by atoms with Crippen LogP contribution in [0.15, 0.2) is 33.9 Å². The fraction of sp³-hybridized carbons (Fsp3) is 0.550. The Morgan fingerprint density at radius 3 is 2.82 bits per heavy atom. The van der Waals surface area contributed by atoms with E-state index in [0.717, 1.165) is 36.1 Å². The summed E-state index contributed by atoms with van der Waals surface area (Å²) >= 11 is 0. The van der Waals surface area contributed by atoms with Gasteiger partial charge >= 0.3 is 0 Å². The van der Waals surface area contributed by atoms with Crippen LogP contribution in [0.2, 0.25) is 0 Å². The number of rotatable bonds is 9. The second kappa shape index (κ2) is 11.2. The monoisotopic (exact) mass is 499 g/mol. The van der Waals surface area contributed by atoms with Crippen LogP contribution in [0.1, 0.15) is 56.5 Å². The van der Waals surface area contributed by atoms with Gasteiger partial charge in [-0.15, -0.1) is 24.0 Å². The summed E-state index contributed by atoms with van der Waals surface area (Å²) < 4.78 is 11.1. The van der Waals surface area contributed by atoms with Gasteiger partial charge in [-0.1, -0.05) is 19.0 Å². The van der Waals surface area contributed by atoms with Gasteiger partial charge in [-0.3, -0.25) is 0 Å². The van der Waals surface area contributed by atoms with E-state index in [1.807, 2.05) is 25.1 Å². The van der Waals surface area contributed by atoms with Crippen molar-refractivity contribution in [2.45, 2.75) is 52.6 Å². The minimum absolute atomic E-state index is 0. The Morgan fingerprint density at radius 2 is 2.14 bits per heavy atom. The first-order chi connectivity index (χ1) is 13.1. The van der Waals surface area contributed by atoms with Gasteiger partial charge in [0.05, 0.1) is 25.4 Å². The zero-order valence-corrected chi connectivity index (χ0v) is 19.1. The number of hydrogen-bond donors (Lipinski definition) is 2. The molecule has 3 rings (SSSR count). The average molecular weight is 499 g/mol. The topological polar surface area (TPSA) is 84.6 Å². The highest BCUT2D eigenvalue weighted by Crippen LogP contribution is 2.29. The number of aliphatic imine (C=N–C) groups is 1. The third-order valence-electron chi connectivity index (χ3n) is 4.33. The van der Waals surface area contributed by atoms with Crippen molar-refractivity contribution >= 4 is 29.9 Å². The zero-order valence-electron chi connectivity index (χ0n) is 16.8. The molecule has 2 N–H and O–H groups in total. The number of nitrogens with one attached hydrogen (secondary N) is 2. The zero-order chi connectivity index (χ0) is 19.1. The number of pyridine rings is 1. The molecule has 0 spiro atoms. The fourth-order valence-corrected chi connectivity index (χ4v) is 2.48. The molecule has 0 amide bonds. The van der Waals surface area contributed by atoms with E-state index in [-0.39, 0.29) is 24.0 Å². The van der Waals surface area contributed by atoms with E-state index in [2.05, 4.69) is 39.6 Å². The molecule has 2 aromatic heterocycles. The Hall–Kier alpha value is -1.84. The Kier molecular flexibility index (Phi) is 9.01. The first-order valence-electron chi connectivity index (χ1n) is 9.69. The quantitative estimate of drug-likeness (QED) is 0.310. The number of aromatic nitrogens is 2. The molecular weight excluding hydrogens is 469 g/mol. The van der Waals surface area contributed by atoms with Crippen molar-refractivity contribution < 1.29 is 9.26 Å². The van der Waals surface area contributed by atoms with Crippen molar-refractivity contribution in [3.8, 4) is 5.88 Å². The molecule has 1 fully saturated rings. The van der Waals surface area contributed by atoms with Crippen molar-refractivity contribution in [3.63, 3.8) is 0 Å². The predicted molar refractivity (Wildman–Crippen MR) is 120 cm³/mol. The van der Waals surface area contributed by atoms with E-state index < -0.39 is 0 Å². The summed E-state index contributed by atoms with van der Waals surface area (Å²) in [5.74, 6) is 3.27. The smallest absolute Gasteiger partial charge is 0.213 e. The van der Waals surface area contributed by atoms with E-state index in [0.29, 0.717) is 30.8 Å². The molecule has 8 heteroatoms. The van der Waals surface area contributed by atoms with Crippen LogP contribution < -0.4 is 15.4 Å². The van der Waals surface area contributed by atoms with Gasteiger partial charge in [-0.25, -0.2) is 9.98 Å². The van der Waals surface area contributed by atoms with Crippen molar-refractivity contribution in [3.05, 3.63) is 41.4 Å². The molecular formula is C20H30IN5O2. The summed E-state index contributed by atoms with van der Waals surface area (Å²) in [6.07, 6.45) is 4.31. The van der Waals surface area contributed by atoms with E-state index in [1.165, 1.54) is 12.8 Å². The molecule has 1 aliphatic carbocycles. The lowest BCUT2D eigenvalue weighted by atomic mass is 10.1. The Labute approximate surface area is 183 Å². The SMILES string of the molecule is CCNC(=NCc1ccnc(OCC2CC2)c1)NCc1cc(C(C)C)no1.I. The van der Waals surface area contributed by atoms with E-state index in [1.54, 1.807) is 6.20 Å². The Morgan fingerprint density at radius 1 is 1.32 bits per heavy atom. The van der Waals surface area contributed by atoms with E-state index in [4.69, 9.17) is 9.26 Å². The van der Waals surface area contributed by atoms with Crippen LogP contribution in [-0.4, -0.2) is 29.3 Å². The van der Waals surface area contributed by atoms with Gasteiger partial charge in [0.1, 0.15) is 0 Å². The van der Waals surface area contributed by atoms with Gasteiger partial charge < -0.3 is 19.9 Å². The number of ether oxygens (including phenoxy) is 1. The average Bonchev–Trinajstić information content (AvgIpc) is 3.37. The fourth-order valence-electron chi connectivity index (χ4n) is 2.48. The van der Waals surface area contributed by atoms with Crippen molar-refractivity contribution in [1.29, 1.82) is 0 Å². The summed E-state index contributed by atoms with van der Waals surface area (Å²) in [4.78, 5) is 8.91. The predicted octanol–water partition coefficient (Wildman–Crippen LogP) is 3.86. The lowest BCUT2D eigenvalue weighted by Gasteiger charge is -2.10. The molecule has 0 bridgehead atoms. The maximum atomic E-state index is 5.74. The van der Waals surface area contributed by atoms with Crippen LogP contribution in [0.4, 0.5) is 0 Å². The van der Waals surface area contributed by atoms with Crippen LogP contribution in [0, 0.1) is 5.92 Å².